The lowest BCUT2D eigenvalue weighted by molar-refractivity contribution is -0.105. The summed E-state index contributed by atoms with van der Waals surface area (Å²) < 4.78 is 16.4. The van der Waals surface area contributed by atoms with Crippen LogP contribution in [0.4, 0.5) is 0 Å². The third-order valence-electron chi connectivity index (χ3n) is 7.55. The van der Waals surface area contributed by atoms with E-state index in [1.54, 1.807) is 48.5 Å². The molecule has 1 atom stereocenters. The van der Waals surface area contributed by atoms with Crippen LogP contribution in [0.5, 0.6) is 5.75 Å². The lowest BCUT2D eigenvalue weighted by Gasteiger charge is -2.23. The third kappa shape index (κ3) is 11.8. The van der Waals surface area contributed by atoms with Gasteiger partial charge in [0.25, 0.3) is 11.8 Å². The molecular formula is C39H51NO6. The van der Waals surface area contributed by atoms with Crippen LogP contribution in [0, 0.1) is 11.8 Å². The quantitative estimate of drug-likeness (QED) is 0.165. The molecule has 248 valence electrons. The monoisotopic (exact) mass is 629 g/mol. The summed E-state index contributed by atoms with van der Waals surface area (Å²) in [7, 11) is 0. The topological polar surface area (TPSA) is 82.1 Å². The Balaban J connectivity index is 0.000000201. The molecule has 46 heavy (non-hydrogen) atoms. The molecule has 7 nitrogen and oxygen atoms in total. The van der Waals surface area contributed by atoms with Crippen molar-refractivity contribution < 1.29 is 28.6 Å². The minimum atomic E-state index is -0.292. The Bertz CT molecular complexity index is 1330. The largest absolute Gasteiger partial charge is 0.465 e. The first-order valence-corrected chi connectivity index (χ1v) is 16.6. The Morgan fingerprint density at radius 1 is 0.804 bits per heavy atom. The first-order valence-electron chi connectivity index (χ1n) is 16.6. The van der Waals surface area contributed by atoms with E-state index in [1.165, 1.54) is 10.5 Å². The molecule has 1 saturated heterocycles. The van der Waals surface area contributed by atoms with Crippen molar-refractivity contribution in [2.24, 2.45) is 11.8 Å². The van der Waals surface area contributed by atoms with Crippen LogP contribution < -0.4 is 4.74 Å². The second kappa shape index (κ2) is 18.9. The molecule has 1 fully saturated rings. The summed E-state index contributed by atoms with van der Waals surface area (Å²) in [5.41, 5.74) is 3.05. The standard InChI is InChI=1S/C16H22O4.C14H17NO2.C9H12/c1-12(2)11-19-16(17)13-6-8-14(9-7-13)20-15-5-3-4-10-18-15;1-10(2)6-5-9-15-13(16)11-7-3-4-8-12(11)14(15)17;1-8(2)9-6-4-3-5-7-9/h6-9,12,15H,3-5,10-11H2,1-2H3;3-4,7-8,10H,5-6,9H2,1-2H3;3-8H,1-2H3. The number of rotatable bonds is 10. The molecular weight excluding hydrogens is 578 g/mol. The Hall–Kier alpha value is -3.97. The summed E-state index contributed by atoms with van der Waals surface area (Å²) >= 11 is 0. The predicted molar refractivity (Wildman–Crippen MR) is 182 cm³/mol. The van der Waals surface area contributed by atoms with Crippen molar-refractivity contribution in [1.82, 2.24) is 4.90 Å². The van der Waals surface area contributed by atoms with E-state index in [0.717, 1.165) is 44.5 Å². The Labute approximate surface area is 275 Å². The highest BCUT2D eigenvalue weighted by molar-refractivity contribution is 6.21. The molecule has 0 saturated carbocycles. The van der Waals surface area contributed by atoms with Gasteiger partial charge in [0.15, 0.2) is 6.29 Å². The number of benzene rings is 3. The molecule has 0 radical (unpaired) electrons. The van der Waals surface area contributed by atoms with Gasteiger partial charge >= 0.3 is 5.97 Å². The smallest absolute Gasteiger partial charge is 0.338 e. The summed E-state index contributed by atoms with van der Waals surface area (Å²) in [5, 5.41) is 0. The summed E-state index contributed by atoms with van der Waals surface area (Å²) in [5.74, 6) is 1.74. The third-order valence-corrected chi connectivity index (χ3v) is 7.55. The van der Waals surface area contributed by atoms with E-state index < -0.39 is 0 Å². The highest BCUT2D eigenvalue weighted by atomic mass is 16.7. The fraction of sp³-hybridized carbons (Fsp3) is 0.462. The van der Waals surface area contributed by atoms with Gasteiger partial charge in [0.05, 0.1) is 29.9 Å². The molecule has 2 aliphatic heterocycles. The Morgan fingerprint density at radius 3 is 1.91 bits per heavy atom. The second-order valence-corrected chi connectivity index (χ2v) is 12.8. The number of hydrogen-bond acceptors (Lipinski definition) is 6. The van der Waals surface area contributed by atoms with Gasteiger partial charge in [-0.05, 0) is 85.4 Å². The van der Waals surface area contributed by atoms with Crippen molar-refractivity contribution in [3.05, 3.63) is 101 Å². The zero-order valence-corrected chi connectivity index (χ0v) is 28.4. The van der Waals surface area contributed by atoms with Crippen LogP contribution in [-0.2, 0) is 9.47 Å². The van der Waals surface area contributed by atoms with Crippen LogP contribution in [0.1, 0.15) is 116 Å². The van der Waals surface area contributed by atoms with Crippen molar-refractivity contribution in [3.63, 3.8) is 0 Å². The summed E-state index contributed by atoms with van der Waals surface area (Å²) in [6.45, 7) is 14.4. The van der Waals surface area contributed by atoms with Crippen molar-refractivity contribution in [1.29, 1.82) is 0 Å². The zero-order chi connectivity index (χ0) is 33.5. The highest BCUT2D eigenvalue weighted by Crippen LogP contribution is 2.23. The zero-order valence-electron chi connectivity index (χ0n) is 28.4. The van der Waals surface area contributed by atoms with Crippen molar-refractivity contribution in [3.8, 4) is 5.75 Å². The van der Waals surface area contributed by atoms with Crippen LogP contribution >= 0.6 is 0 Å². The molecule has 5 rings (SSSR count). The van der Waals surface area contributed by atoms with Gasteiger partial charge in [-0.2, -0.15) is 0 Å². The minimum absolute atomic E-state index is 0.144. The van der Waals surface area contributed by atoms with Gasteiger partial charge in [-0.3, -0.25) is 14.5 Å². The van der Waals surface area contributed by atoms with Crippen LogP contribution in [0.15, 0.2) is 78.9 Å². The summed E-state index contributed by atoms with van der Waals surface area (Å²) in [6.07, 6.45) is 4.89. The molecule has 7 heteroatoms. The van der Waals surface area contributed by atoms with E-state index in [9.17, 15) is 14.4 Å². The molecule has 3 aromatic rings. The maximum absolute atomic E-state index is 12.0. The molecule has 2 amide bonds. The molecule has 1 unspecified atom stereocenters. The van der Waals surface area contributed by atoms with E-state index in [4.69, 9.17) is 14.2 Å². The average molecular weight is 630 g/mol. The number of amides is 2. The maximum atomic E-state index is 12.0. The average Bonchev–Trinajstić information content (AvgIpc) is 3.30. The van der Waals surface area contributed by atoms with E-state index in [1.807, 2.05) is 19.9 Å². The SMILES string of the molecule is CC(C)CCCN1C(=O)c2ccccc2C1=O.CC(C)COC(=O)c1ccc(OC2CCCCO2)cc1.CC(C)c1ccccc1. The number of nitrogens with zero attached hydrogens (tertiary/aromatic N) is 1. The van der Waals surface area contributed by atoms with E-state index in [0.29, 0.717) is 47.6 Å². The van der Waals surface area contributed by atoms with Gasteiger partial charge in [0.2, 0.25) is 0 Å². The number of ether oxygens (including phenoxy) is 3. The van der Waals surface area contributed by atoms with Gasteiger partial charge in [0, 0.05) is 13.0 Å². The van der Waals surface area contributed by atoms with Crippen molar-refractivity contribution in [2.45, 2.75) is 85.9 Å². The lowest BCUT2D eigenvalue weighted by Crippen LogP contribution is -2.30. The van der Waals surface area contributed by atoms with Gasteiger partial charge in [-0.15, -0.1) is 0 Å². The molecule has 3 aromatic carbocycles. The normalized spacial score (nSPS) is 15.6. The van der Waals surface area contributed by atoms with Crippen LogP contribution in [-0.4, -0.2) is 48.7 Å². The predicted octanol–water partition coefficient (Wildman–Crippen LogP) is 8.93. The fourth-order valence-electron chi connectivity index (χ4n) is 4.89. The van der Waals surface area contributed by atoms with Crippen molar-refractivity contribution in [2.75, 3.05) is 19.8 Å². The van der Waals surface area contributed by atoms with Gasteiger partial charge < -0.3 is 14.2 Å². The first-order chi connectivity index (χ1) is 22.1. The lowest BCUT2D eigenvalue weighted by atomic mass is 10.0. The van der Waals surface area contributed by atoms with Gasteiger partial charge in [-0.1, -0.05) is 84.0 Å². The molecule has 0 N–H and O–H groups in total. The molecule has 2 aliphatic rings. The van der Waals surface area contributed by atoms with Crippen LogP contribution in [0.25, 0.3) is 0 Å². The van der Waals surface area contributed by atoms with Gasteiger partial charge in [0.1, 0.15) is 5.75 Å². The molecule has 0 aliphatic carbocycles. The number of esters is 1. The molecule has 0 spiro atoms. The van der Waals surface area contributed by atoms with Crippen LogP contribution in [0.2, 0.25) is 0 Å². The van der Waals surface area contributed by atoms with E-state index >= 15 is 0 Å². The minimum Gasteiger partial charge on any atom is -0.465 e. The fourth-order valence-corrected chi connectivity index (χ4v) is 4.89. The van der Waals surface area contributed by atoms with Gasteiger partial charge in [-0.25, -0.2) is 4.79 Å². The summed E-state index contributed by atoms with van der Waals surface area (Å²) in [6, 6.07) is 24.6. The number of imide groups is 1. The Morgan fingerprint density at radius 2 is 1.41 bits per heavy atom. The van der Waals surface area contributed by atoms with Crippen molar-refractivity contribution >= 4 is 17.8 Å². The second-order valence-electron chi connectivity index (χ2n) is 12.8. The number of carbonyl (C=O) groups excluding carboxylic acids is 3. The molecule has 0 bridgehead atoms. The first kappa shape index (κ1) is 36.5. The number of carbonyl (C=O) groups is 3. The van der Waals surface area contributed by atoms with Crippen LogP contribution in [0.3, 0.4) is 0 Å². The maximum Gasteiger partial charge on any atom is 0.338 e. The molecule has 0 aromatic heterocycles. The molecule has 2 heterocycles. The number of fused-ring (bicyclic) bond motifs is 1. The Kier molecular flexibility index (Phi) is 15.0. The summed E-state index contributed by atoms with van der Waals surface area (Å²) in [4.78, 5) is 37.1. The number of hydrogen-bond donors (Lipinski definition) is 0. The van der Waals surface area contributed by atoms with E-state index in [2.05, 4.69) is 52.0 Å². The highest BCUT2D eigenvalue weighted by Gasteiger charge is 2.34. The van der Waals surface area contributed by atoms with E-state index in [-0.39, 0.29) is 24.1 Å².